The Hall–Kier alpha value is -1.86. The van der Waals surface area contributed by atoms with Crippen LogP contribution in [0.4, 0.5) is 5.69 Å². The third-order valence-electron chi connectivity index (χ3n) is 4.14. The highest BCUT2D eigenvalue weighted by Crippen LogP contribution is 2.32. The van der Waals surface area contributed by atoms with E-state index >= 15 is 0 Å². The van der Waals surface area contributed by atoms with E-state index in [-0.39, 0.29) is 11.1 Å². The van der Waals surface area contributed by atoms with Gasteiger partial charge in [-0.05, 0) is 49.4 Å². The second kappa shape index (κ2) is 5.40. The number of rotatable bonds is 3. The van der Waals surface area contributed by atoms with Crippen molar-refractivity contribution in [3.05, 3.63) is 41.3 Å². The molecule has 6 nitrogen and oxygen atoms in total. The van der Waals surface area contributed by atoms with Gasteiger partial charge in [-0.25, -0.2) is 18.1 Å². The van der Waals surface area contributed by atoms with Gasteiger partial charge in [0.1, 0.15) is 5.82 Å². The molecular weight excluding hydrogens is 300 g/mol. The van der Waals surface area contributed by atoms with Crippen LogP contribution < -0.4 is 10.5 Å². The van der Waals surface area contributed by atoms with E-state index in [2.05, 4.69) is 9.71 Å². The fourth-order valence-electron chi connectivity index (χ4n) is 2.86. The van der Waals surface area contributed by atoms with Crippen LogP contribution in [0.5, 0.6) is 0 Å². The van der Waals surface area contributed by atoms with Crippen molar-refractivity contribution >= 4 is 15.7 Å². The van der Waals surface area contributed by atoms with E-state index in [1.54, 1.807) is 18.5 Å². The maximum absolute atomic E-state index is 12.5. The second-order valence-corrected chi connectivity index (χ2v) is 7.42. The number of imidazole rings is 1. The summed E-state index contributed by atoms with van der Waals surface area (Å²) in [6.07, 6.45) is 4.18. The highest BCUT2D eigenvalue weighted by Gasteiger charge is 2.27. The third-order valence-corrected chi connectivity index (χ3v) is 5.48. The number of nitrogens with one attached hydrogen (secondary N) is 1. The first-order valence-electron chi connectivity index (χ1n) is 7.27. The van der Waals surface area contributed by atoms with Gasteiger partial charge in [-0.3, -0.25) is 0 Å². The van der Waals surface area contributed by atoms with Crippen LogP contribution in [0.3, 0.4) is 0 Å². The summed E-state index contributed by atoms with van der Waals surface area (Å²) in [5.74, 6) is 0.664. The number of hydrogen-bond donors (Lipinski definition) is 2. The van der Waals surface area contributed by atoms with Gasteiger partial charge in [0.25, 0.3) is 10.0 Å². The number of fused-ring (bicyclic) bond motifs is 1. The van der Waals surface area contributed by atoms with Crippen LogP contribution in [0.15, 0.2) is 29.4 Å². The molecule has 1 atom stereocenters. The summed E-state index contributed by atoms with van der Waals surface area (Å²) in [4.78, 5) is 4.11. The lowest BCUT2D eigenvalue weighted by molar-refractivity contribution is 0.506. The Kier molecular flexibility index (Phi) is 3.70. The number of anilines is 1. The van der Waals surface area contributed by atoms with Gasteiger partial charge in [-0.15, -0.1) is 0 Å². The topological polar surface area (TPSA) is 90.0 Å². The summed E-state index contributed by atoms with van der Waals surface area (Å²) in [6, 6.07) is 5.44. The molecule has 3 N–H and O–H groups in total. The molecule has 0 saturated heterocycles. The molecule has 2 aromatic rings. The molecule has 3 rings (SSSR count). The molecular formula is C15H20N4O2S. The molecule has 0 radical (unpaired) electrons. The number of nitrogens with two attached hydrogens (primary N) is 1. The Morgan fingerprint density at radius 1 is 1.41 bits per heavy atom. The van der Waals surface area contributed by atoms with Crippen molar-refractivity contribution in [3.8, 4) is 0 Å². The first-order chi connectivity index (χ1) is 10.4. The maximum atomic E-state index is 12.5. The second-order valence-electron chi connectivity index (χ2n) is 5.76. The Balaban J connectivity index is 1.91. The van der Waals surface area contributed by atoms with Crippen LogP contribution in [-0.4, -0.2) is 18.0 Å². The van der Waals surface area contributed by atoms with Gasteiger partial charge in [0.2, 0.25) is 0 Å². The zero-order chi connectivity index (χ0) is 15.9. The zero-order valence-corrected chi connectivity index (χ0v) is 13.5. The molecule has 22 heavy (non-hydrogen) atoms. The fourth-order valence-corrected chi connectivity index (χ4v) is 4.15. The molecule has 0 aliphatic heterocycles. The third kappa shape index (κ3) is 2.74. The van der Waals surface area contributed by atoms with E-state index < -0.39 is 10.0 Å². The lowest BCUT2D eigenvalue weighted by Crippen LogP contribution is -2.31. The normalized spacial score (nSPS) is 18.2. The molecule has 1 aliphatic rings. The number of benzene rings is 1. The zero-order valence-electron chi connectivity index (χ0n) is 12.7. The molecule has 0 bridgehead atoms. The van der Waals surface area contributed by atoms with Crippen LogP contribution in [-0.2, 0) is 23.5 Å². The largest absolute Gasteiger partial charge is 0.399 e. The summed E-state index contributed by atoms with van der Waals surface area (Å²) in [5.41, 5.74) is 8.66. The number of nitrogen functional groups attached to an aromatic ring is 1. The van der Waals surface area contributed by atoms with Gasteiger partial charge in [0.05, 0.1) is 0 Å². The monoisotopic (exact) mass is 320 g/mol. The summed E-state index contributed by atoms with van der Waals surface area (Å²) >= 11 is 0. The van der Waals surface area contributed by atoms with E-state index in [0.29, 0.717) is 11.5 Å². The minimum atomic E-state index is -3.63. The fraction of sp³-hybridized carbons (Fsp3) is 0.400. The number of aryl methyl sites for hydroxylation is 3. The maximum Gasteiger partial charge on any atom is 0.260 e. The van der Waals surface area contributed by atoms with Crippen molar-refractivity contribution in [2.75, 3.05) is 5.73 Å². The van der Waals surface area contributed by atoms with Gasteiger partial charge in [0, 0.05) is 25.0 Å². The van der Waals surface area contributed by atoms with Crippen LogP contribution in [0.1, 0.15) is 35.8 Å². The average molecular weight is 320 g/mol. The van der Waals surface area contributed by atoms with Crippen molar-refractivity contribution in [3.63, 3.8) is 0 Å². The number of nitrogens with zero attached hydrogens (tertiary/aromatic N) is 2. The van der Waals surface area contributed by atoms with Crippen molar-refractivity contribution in [2.45, 2.75) is 37.3 Å². The van der Waals surface area contributed by atoms with Crippen LogP contribution in [0.25, 0.3) is 0 Å². The Bertz CT molecular complexity index is 791. The minimum absolute atomic E-state index is 0.0649. The molecule has 0 amide bonds. The van der Waals surface area contributed by atoms with Crippen molar-refractivity contribution in [1.29, 1.82) is 0 Å². The molecule has 118 valence electrons. The average Bonchev–Trinajstić information content (AvgIpc) is 2.79. The summed E-state index contributed by atoms with van der Waals surface area (Å²) < 4.78 is 29.5. The molecule has 0 fully saturated rings. The van der Waals surface area contributed by atoms with Gasteiger partial charge in [-0.2, -0.15) is 0 Å². The van der Waals surface area contributed by atoms with Gasteiger partial charge >= 0.3 is 0 Å². The van der Waals surface area contributed by atoms with E-state index in [0.717, 1.165) is 30.4 Å². The summed E-state index contributed by atoms with van der Waals surface area (Å²) in [5, 5.41) is 0.0649. The molecule has 1 heterocycles. The quantitative estimate of drug-likeness (QED) is 0.842. The summed E-state index contributed by atoms with van der Waals surface area (Å²) in [7, 11) is -1.85. The van der Waals surface area contributed by atoms with E-state index in [4.69, 9.17) is 5.73 Å². The lowest BCUT2D eigenvalue weighted by Gasteiger charge is -2.26. The first-order valence-corrected chi connectivity index (χ1v) is 8.76. The standard InChI is InChI=1S/C15H20N4O2S/c1-10-17-15(9-19(10)2)22(20,21)18-14-5-3-4-11-8-12(16)6-7-13(11)14/h6-9,14,18H,3-5,16H2,1-2H3. The highest BCUT2D eigenvalue weighted by molar-refractivity contribution is 7.89. The predicted molar refractivity (Wildman–Crippen MR) is 84.8 cm³/mol. The van der Waals surface area contributed by atoms with Gasteiger partial charge in [-0.1, -0.05) is 6.07 Å². The van der Waals surface area contributed by atoms with Crippen LogP contribution in [0, 0.1) is 6.92 Å². The molecule has 1 unspecified atom stereocenters. The number of hydrogen-bond acceptors (Lipinski definition) is 4. The van der Waals surface area contributed by atoms with Crippen LogP contribution >= 0.6 is 0 Å². The minimum Gasteiger partial charge on any atom is -0.399 e. The Morgan fingerprint density at radius 3 is 2.86 bits per heavy atom. The Morgan fingerprint density at radius 2 is 2.18 bits per heavy atom. The Labute approximate surface area is 130 Å². The molecule has 1 aromatic carbocycles. The van der Waals surface area contributed by atoms with Crippen LogP contribution in [0.2, 0.25) is 0 Å². The van der Waals surface area contributed by atoms with Crippen molar-refractivity contribution < 1.29 is 8.42 Å². The number of aromatic nitrogens is 2. The summed E-state index contributed by atoms with van der Waals surface area (Å²) in [6.45, 7) is 1.78. The van der Waals surface area contributed by atoms with Crippen molar-refractivity contribution in [1.82, 2.24) is 14.3 Å². The SMILES string of the molecule is Cc1nc(S(=O)(=O)NC2CCCc3cc(N)ccc32)cn1C. The van der Waals surface area contributed by atoms with Crippen molar-refractivity contribution in [2.24, 2.45) is 7.05 Å². The predicted octanol–water partition coefficient (Wildman–Crippen LogP) is 1.67. The van der Waals surface area contributed by atoms with E-state index in [9.17, 15) is 8.42 Å². The van der Waals surface area contributed by atoms with E-state index in [1.807, 2.05) is 18.2 Å². The molecule has 0 spiro atoms. The molecule has 1 aromatic heterocycles. The molecule has 7 heteroatoms. The number of sulfonamides is 1. The lowest BCUT2D eigenvalue weighted by atomic mass is 9.88. The smallest absolute Gasteiger partial charge is 0.260 e. The first kappa shape index (κ1) is 15.1. The van der Waals surface area contributed by atoms with E-state index in [1.165, 1.54) is 6.20 Å². The van der Waals surface area contributed by atoms with Gasteiger partial charge in [0.15, 0.2) is 5.03 Å². The van der Waals surface area contributed by atoms with Gasteiger partial charge < -0.3 is 10.3 Å². The molecule has 0 saturated carbocycles. The molecule has 1 aliphatic carbocycles. The highest BCUT2D eigenvalue weighted by atomic mass is 32.2.